The van der Waals surface area contributed by atoms with Gasteiger partial charge in [0.05, 0.1) is 8.67 Å². The summed E-state index contributed by atoms with van der Waals surface area (Å²) in [5.74, 6) is 0.585. The molecule has 4 heteroatoms. The molecule has 1 saturated carbocycles. The molecule has 2 rings (SSSR count). The minimum atomic E-state index is 0.0709. The van der Waals surface area contributed by atoms with Crippen LogP contribution in [0.5, 0.6) is 0 Å². The molecule has 1 atom stereocenters. The van der Waals surface area contributed by atoms with Gasteiger partial charge in [0.2, 0.25) is 0 Å². The Balaban J connectivity index is 2.12. The fourth-order valence-electron chi connectivity index (χ4n) is 2.33. The van der Waals surface area contributed by atoms with Gasteiger partial charge in [-0.05, 0) is 24.8 Å². The van der Waals surface area contributed by atoms with E-state index in [-0.39, 0.29) is 6.04 Å². The Morgan fingerprint density at radius 2 is 1.93 bits per heavy atom. The lowest BCUT2D eigenvalue weighted by atomic mass is 9.82. The minimum absolute atomic E-state index is 0.0709. The van der Waals surface area contributed by atoms with Crippen LogP contribution in [0.3, 0.4) is 0 Å². The second kappa shape index (κ2) is 5.05. The fourth-order valence-corrected chi connectivity index (χ4v) is 3.89. The number of thiophene rings is 1. The van der Waals surface area contributed by atoms with Gasteiger partial charge in [0, 0.05) is 11.6 Å². The summed E-state index contributed by atoms with van der Waals surface area (Å²) in [6, 6.07) is 2.00. The molecule has 1 nitrogen and oxygen atoms in total. The first-order valence-electron chi connectivity index (χ1n) is 5.39. The molecule has 0 aromatic carbocycles. The lowest BCUT2D eigenvalue weighted by molar-refractivity contribution is 0.308. The van der Waals surface area contributed by atoms with Crippen molar-refractivity contribution in [2.45, 2.75) is 38.1 Å². The van der Waals surface area contributed by atoms with Crippen molar-refractivity contribution >= 4 is 34.5 Å². The molecule has 84 valence electrons. The van der Waals surface area contributed by atoms with Crippen LogP contribution < -0.4 is 5.73 Å². The summed E-state index contributed by atoms with van der Waals surface area (Å²) in [5, 5.41) is 0. The molecule has 0 spiro atoms. The van der Waals surface area contributed by atoms with E-state index < -0.39 is 0 Å². The molecular weight excluding hydrogens is 249 g/mol. The summed E-state index contributed by atoms with van der Waals surface area (Å²) in [4.78, 5) is 0. The topological polar surface area (TPSA) is 26.0 Å². The molecule has 1 aromatic heterocycles. The average Bonchev–Trinajstić information content (AvgIpc) is 2.58. The van der Waals surface area contributed by atoms with Crippen LogP contribution in [-0.4, -0.2) is 0 Å². The third kappa shape index (κ3) is 2.68. The van der Waals surface area contributed by atoms with Crippen molar-refractivity contribution in [2.75, 3.05) is 0 Å². The zero-order valence-electron chi connectivity index (χ0n) is 8.51. The van der Waals surface area contributed by atoms with E-state index in [9.17, 15) is 0 Å². The summed E-state index contributed by atoms with van der Waals surface area (Å²) >= 11 is 13.5. The van der Waals surface area contributed by atoms with Gasteiger partial charge < -0.3 is 5.73 Å². The molecule has 1 unspecified atom stereocenters. The zero-order chi connectivity index (χ0) is 10.8. The van der Waals surface area contributed by atoms with Gasteiger partial charge in [0.1, 0.15) is 0 Å². The van der Waals surface area contributed by atoms with E-state index >= 15 is 0 Å². The highest BCUT2D eigenvalue weighted by Gasteiger charge is 2.24. The Hall–Kier alpha value is 0.240. The number of hydrogen-bond donors (Lipinski definition) is 1. The van der Waals surface area contributed by atoms with Crippen molar-refractivity contribution in [1.29, 1.82) is 0 Å². The van der Waals surface area contributed by atoms with Crippen LogP contribution in [0.25, 0.3) is 0 Å². The molecule has 0 aliphatic heterocycles. The zero-order valence-corrected chi connectivity index (χ0v) is 10.8. The monoisotopic (exact) mass is 263 g/mol. The molecule has 1 aliphatic carbocycles. The van der Waals surface area contributed by atoms with Crippen molar-refractivity contribution in [2.24, 2.45) is 11.7 Å². The second-order valence-electron chi connectivity index (χ2n) is 4.20. The molecule has 1 aromatic rings. The predicted molar refractivity (Wildman–Crippen MR) is 67.8 cm³/mol. The average molecular weight is 264 g/mol. The van der Waals surface area contributed by atoms with Crippen LogP contribution in [0.2, 0.25) is 8.67 Å². The Bertz CT molecular complexity index is 331. The van der Waals surface area contributed by atoms with Gasteiger partial charge in [-0.25, -0.2) is 0 Å². The summed E-state index contributed by atoms with van der Waals surface area (Å²) < 4.78 is 1.50. The van der Waals surface area contributed by atoms with Crippen molar-refractivity contribution < 1.29 is 0 Å². The highest BCUT2D eigenvalue weighted by atomic mass is 35.5. The van der Waals surface area contributed by atoms with Crippen molar-refractivity contribution in [3.63, 3.8) is 0 Å². The molecule has 15 heavy (non-hydrogen) atoms. The second-order valence-corrected chi connectivity index (χ2v) is 6.49. The van der Waals surface area contributed by atoms with Gasteiger partial charge in [0.25, 0.3) is 0 Å². The highest BCUT2D eigenvalue weighted by molar-refractivity contribution is 7.20. The number of rotatable bonds is 2. The van der Waals surface area contributed by atoms with Gasteiger partial charge in [-0.1, -0.05) is 42.5 Å². The van der Waals surface area contributed by atoms with Gasteiger partial charge in [-0.2, -0.15) is 0 Å². The lowest BCUT2D eigenvalue weighted by Crippen LogP contribution is -2.23. The Labute approximate surface area is 105 Å². The Morgan fingerprint density at radius 3 is 2.47 bits per heavy atom. The molecule has 0 radical (unpaired) electrons. The summed E-state index contributed by atoms with van der Waals surface area (Å²) in [5.41, 5.74) is 7.29. The van der Waals surface area contributed by atoms with Crippen LogP contribution in [-0.2, 0) is 0 Å². The number of nitrogens with two attached hydrogens (primary N) is 1. The van der Waals surface area contributed by atoms with Gasteiger partial charge in [-0.15, -0.1) is 11.3 Å². The first-order chi connectivity index (χ1) is 7.18. The molecule has 1 fully saturated rings. The quantitative estimate of drug-likeness (QED) is 0.827. The third-order valence-electron chi connectivity index (χ3n) is 3.20. The Kier molecular flexibility index (Phi) is 3.94. The molecule has 0 saturated heterocycles. The molecule has 2 N–H and O–H groups in total. The van der Waals surface area contributed by atoms with E-state index in [0.29, 0.717) is 5.92 Å². The summed E-state index contributed by atoms with van der Waals surface area (Å²) in [6.07, 6.45) is 6.40. The highest BCUT2D eigenvalue weighted by Crippen LogP contribution is 2.40. The third-order valence-corrected chi connectivity index (χ3v) is 4.72. The molecule has 0 bridgehead atoms. The number of hydrogen-bond acceptors (Lipinski definition) is 2. The Morgan fingerprint density at radius 1 is 1.27 bits per heavy atom. The molecule has 0 amide bonds. The normalized spacial score (nSPS) is 20.5. The lowest BCUT2D eigenvalue weighted by Gasteiger charge is -2.27. The van der Waals surface area contributed by atoms with Crippen LogP contribution in [0.4, 0.5) is 0 Å². The van der Waals surface area contributed by atoms with E-state index in [0.717, 1.165) is 14.2 Å². The smallest absolute Gasteiger partial charge is 0.0991 e. The van der Waals surface area contributed by atoms with Crippen molar-refractivity contribution in [3.8, 4) is 0 Å². The maximum absolute atomic E-state index is 6.25. The first-order valence-corrected chi connectivity index (χ1v) is 6.96. The number of halogens is 2. The minimum Gasteiger partial charge on any atom is -0.324 e. The first kappa shape index (κ1) is 11.7. The van der Waals surface area contributed by atoms with E-state index in [4.69, 9.17) is 28.9 Å². The molecular formula is C11H15Cl2NS. The van der Waals surface area contributed by atoms with E-state index in [1.807, 2.05) is 6.07 Å². The standard InChI is InChI=1S/C11H15Cl2NS/c12-9-6-8(11(13)15-9)10(14)7-4-2-1-3-5-7/h6-7,10H,1-5,14H2. The van der Waals surface area contributed by atoms with Crippen molar-refractivity contribution in [1.82, 2.24) is 0 Å². The van der Waals surface area contributed by atoms with Gasteiger partial charge in [0.15, 0.2) is 0 Å². The SMILES string of the molecule is NC(c1cc(Cl)sc1Cl)C1CCCCC1. The fraction of sp³-hybridized carbons (Fsp3) is 0.636. The summed E-state index contributed by atoms with van der Waals surface area (Å²) in [7, 11) is 0. The molecule has 1 heterocycles. The van der Waals surface area contributed by atoms with E-state index in [2.05, 4.69) is 0 Å². The molecule has 1 aliphatic rings. The van der Waals surface area contributed by atoms with E-state index in [1.54, 1.807) is 0 Å². The van der Waals surface area contributed by atoms with E-state index in [1.165, 1.54) is 43.4 Å². The maximum Gasteiger partial charge on any atom is 0.0991 e. The van der Waals surface area contributed by atoms with Crippen LogP contribution >= 0.6 is 34.5 Å². The predicted octanol–water partition coefficient (Wildman–Crippen LogP) is 4.64. The van der Waals surface area contributed by atoms with Gasteiger partial charge in [-0.3, -0.25) is 0 Å². The van der Waals surface area contributed by atoms with Crippen LogP contribution in [0, 0.1) is 5.92 Å². The van der Waals surface area contributed by atoms with Gasteiger partial charge >= 0.3 is 0 Å². The van der Waals surface area contributed by atoms with Crippen molar-refractivity contribution in [3.05, 3.63) is 20.3 Å². The largest absolute Gasteiger partial charge is 0.324 e. The van der Waals surface area contributed by atoms with Crippen LogP contribution in [0.15, 0.2) is 6.07 Å². The maximum atomic E-state index is 6.25. The van der Waals surface area contributed by atoms with Crippen LogP contribution in [0.1, 0.15) is 43.7 Å². The summed E-state index contributed by atoms with van der Waals surface area (Å²) in [6.45, 7) is 0.